The Hall–Kier alpha value is -1.97. The number of carbonyl (C=O) groups excluding carboxylic acids is 1. The number of ketones is 1. The average Bonchev–Trinajstić information content (AvgIpc) is 2.61. The second-order valence-electron chi connectivity index (χ2n) is 3.71. The molecule has 2 rings (SSSR count). The highest BCUT2D eigenvalue weighted by Gasteiger charge is 2.12. The highest BCUT2D eigenvalue weighted by molar-refractivity contribution is 5.95. The molecule has 0 atom stereocenters. The fourth-order valence-electron chi connectivity index (χ4n) is 1.54. The maximum absolute atomic E-state index is 12.0. The second-order valence-corrected chi connectivity index (χ2v) is 3.71. The van der Waals surface area contributed by atoms with Crippen LogP contribution >= 0.6 is 0 Å². The minimum atomic E-state index is 0.0658. The maximum Gasteiger partial charge on any atom is 0.185 e. The first-order valence-electron chi connectivity index (χ1n) is 5.09. The van der Waals surface area contributed by atoms with Gasteiger partial charge in [-0.25, -0.2) is 4.98 Å². The fourth-order valence-corrected chi connectivity index (χ4v) is 1.54. The van der Waals surface area contributed by atoms with Crippen LogP contribution in [0.15, 0.2) is 30.7 Å². The third-order valence-corrected chi connectivity index (χ3v) is 2.59. The molecule has 4 heteroatoms. The van der Waals surface area contributed by atoms with Gasteiger partial charge in [0.05, 0.1) is 6.20 Å². The summed E-state index contributed by atoms with van der Waals surface area (Å²) in [6, 6.07) is 3.73. The molecular weight excluding hydrogens is 202 g/mol. The molecule has 0 amide bonds. The van der Waals surface area contributed by atoms with E-state index >= 15 is 0 Å². The zero-order valence-electron chi connectivity index (χ0n) is 9.34. The van der Waals surface area contributed by atoms with E-state index in [1.165, 1.54) is 0 Å². The Labute approximate surface area is 94.0 Å². The molecule has 0 aliphatic heterocycles. The Morgan fingerprint density at radius 1 is 1.44 bits per heavy atom. The summed E-state index contributed by atoms with van der Waals surface area (Å²) in [6.07, 6.45) is 5.39. The SMILES string of the molecule is Cc1ncc(C(=O)Cc2cccnc2)n1C. The summed E-state index contributed by atoms with van der Waals surface area (Å²) in [4.78, 5) is 20.0. The van der Waals surface area contributed by atoms with Gasteiger partial charge in [0.25, 0.3) is 0 Å². The number of aromatic nitrogens is 3. The monoisotopic (exact) mass is 215 g/mol. The minimum absolute atomic E-state index is 0.0658. The molecule has 0 spiro atoms. The topological polar surface area (TPSA) is 47.8 Å². The van der Waals surface area contributed by atoms with Crippen LogP contribution in [-0.4, -0.2) is 20.3 Å². The van der Waals surface area contributed by atoms with Crippen LogP contribution in [-0.2, 0) is 13.5 Å². The molecule has 82 valence electrons. The van der Waals surface area contributed by atoms with E-state index in [1.807, 2.05) is 26.1 Å². The smallest absolute Gasteiger partial charge is 0.185 e. The summed E-state index contributed by atoms with van der Waals surface area (Å²) in [6.45, 7) is 1.88. The van der Waals surface area contributed by atoms with Gasteiger partial charge in [-0.3, -0.25) is 9.78 Å². The third kappa shape index (κ3) is 2.00. The van der Waals surface area contributed by atoms with Crippen molar-refractivity contribution in [1.29, 1.82) is 0 Å². The lowest BCUT2D eigenvalue weighted by Crippen LogP contribution is -2.09. The maximum atomic E-state index is 12.0. The Morgan fingerprint density at radius 3 is 2.81 bits per heavy atom. The van der Waals surface area contributed by atoms with Crippen LogP contribution in [0.25, 0.3) is 0 Å². The summed E-state index contributed by atoms with van der Waals surface area (Å²) in [5, 5.41) is 0. The highest BCUT2D eigenvalue weighted by Crippen LogP contribution is 2.07. The molecule has 2 aromatic rings. The number of hydrogen-bond donors (Lipinski definition) is 0. The molecule has 0 fully saturated rings. The number of aryl methyl sites for hydroxylation is 1. The van der Waals surface area contributed by atoms with E-state index in [1.54, 1.807) is 23.2 Å². The van der Waals surface area contributed by atoms with Crippen LogP contribution in [0.5, 0.6) is 0 Å². The van der Waals surface area contributed by atoms with E-state index in [4.69, 9.17) is 0 Å². The van der Waals surface area contributed by atoms with Gasteiger partial charge in [-0.1, -0.05) is 6.07 Å². The molecule has 2 aromatic heterocycles. The minimum Gasteiger partial charge on any atom is -0.329 e. The van der Waals surface area contributed by atoms with Gasteiger partial charge in [-0.05, 0) is 18.6 Å². The predicted molar refractivity (Wildman–Crippen MR) is 60.2 cm³/mol. The molecule has 0 radical (unpaired) electrons. The first kappa shape index (κ1) is 10.5. The summed E-state index contributed by atoms with van der Waals surface area (Å²) in [5.74, 6) is 0.908. The Balaban J connectivity index is 2.18. The van der Waals surface area contributed by atoms with Crippen LogP contribution < -0.4 is 0 Å². The molecular formula is C12H13N3O. The molecule has 0 N–H and O–H groups in total. The molecule has 0 bridgehead atoms. The van der Waals surface area contributed by atoms with Crippen molar-refractivity contribution in [1.82, 2.24) is 14.5 Å². The van der Waals surface area contributed by atoms with Gasteiger partial charge in [0.1, 0.15) is 11.5 Å². The van der Waals surface area contributed by atoms with Gasteiger partial charge in [-0.2, -0.15) is 0 Å². The standard InChI is InChI=1S/C12H13N3O/c1-9-14-8-11(15(9)2)12(16)6-10-4-3-5-13-7-10/h3-5,7-8H,6H2,1-2H3. The van der Waals surface area contributed by atoms with Crippen LogP contribution in [0, 0.1) is 6.92 Å². The Kier molecular flexibility index (Phi) is 2.81. The molecule has 0 aliphatic carbocycles. The molecule has 16 heavy (non-hydrogen) atoms. The summed E-state index contributed by atoms with van der Waals surface area (Å²) in [5.41, 5.74) is 1.56. The van der Waals surface area contributed by atoms with E-state index in [0.717, 1.165) is 11.4 Å². The van der Waals surface area contributed by atoms with Crippen molar-refractivity contribution in [2.24, 2.45) is 7.05 Å². The van der Waals surface area contributed by atoms with Crippen molar-refractivity contribution in [3.8, 4) is 0 Å². The number of pyridine rings is 1. The molecule has 0 saturated heterocycles. The number of Topliss-reactive ketones (excluding diaryl/α,β-unsaturated/α-hetero) is 1. The third-order valence-electron chi connectivity index (χ3n) is 2.59. The second kappa shape index (κ2) is 4.26. The van der Waals surface area contributed by atoms with E-state index < -0.39 is 0 Å². The van der Waals surface area contributed by atoms with Crippen LogP contribution in [0.4, 0.5) is 0 Å². The van der Waals surface area contributed by atoms with Gasteiger partial charge in [0.2, 0.25) is 0 Å². The van der Waals surface area contributed by atoms with Crippen molar-refractivity contribution in [3.63, 3.8) is 0 Å². The normalized spacial score (nSPS) is 10.4. The van der Waals surface area contributed by atoms with Gasteiger partial charge in [0, 0.05) is 25.9 Å². The molecule has 0 aromatic carbocycles. The van der Waals surface area contributed by atoms with Crippen molar-refractivity contribution in [2.75, 3.05) is 0 Å². The summed E-state index contributed by atoms with van der Waals surface area (Å²) >= 11 is 0. The number of nitrogens with zero attached hydrogens (tertiary/aromatic N) is 3. The average molecular weight is 215 g/mol. The van der Waals surface area contributed by atoms with Crippen LogP contribution in [0.2, 0.25) is 0 Å². The van der Waals surface area contributed by atoms with E-state index in [9.17, 15) is 4.79 Å². The van der Waals surface area contributed by atoms with Gasteiger partial charge in [-0.15, -0.1) is 0 Å². The van der Waals surface area contributed by atoms with Crippen LogP contribution in [0.1, 0.15) is 21.9 Å². The first-order valence-corrected chi connectivity index (χ1v) is 5.09. The number of carbonyl (C=O) groups is 1. The van der Waals surface area contributed by atoms with Crippen molar-refractivity contribution in [2.45, 2.75) is 13.3 Å². The lowest BCUT2D eigenvalue weighted by molar-refractivity contribution is 0.0985. The van der Waals surface area contributed by atoms with E-state index in [0.29, 0.717) is 12.1 Å². The molecule has 0 saturated carbocycles. The van der Waals surface area contributed by atoms with Crippen molar-refractivity contribution >= 4 is 5.78 Å². The summed E-state index contributed by atoms with van der Waals surface area (Å²) < 4.78 is 1.80. The van der Waals surface area contributed by atoms with Crippen molar-refractivity contribution < 1.29 is 4.79 Å². The van der Waals surface area contributed by atoms with E-state index in [-0.39, 0.29) is 5.78 Å². The van der Waals surface area contributed by atoms with Gasteiger partial charge < -0.3 is 4.57 Å². The molecule has 4 nitrogen and oxygen atoms in total. The van der Waals surface area contributed by atoms with Crippen molar-refractivity contribution in [3.05, 3.63) is 47.8 Å². The lowest BCUT2D eigenvalue weighted by atomic mass is 10.1. The molecule has 0 unspecified atom stereocenters. The molecule has 2 heterocycles. The van der Waals surface area contributed by atoms with Gasteiger partial charge >= 0.3 is 0 Å². The fraction of sp³-hybridized carbons (Fsp3) is 0.250. The number of rotatable bonds is 3. The van der Waals surface area contributed by atoms with Gasteiger partial charge in [0.15, 0.2) is 5.78 Å². The Bertz CT molecular complexity index is 502. The Morgan fingerprint density at radius 2 is 2.25 bits per heavy atom. The van der Waals surface area contributed by atoms with E-state index in [2.05, 4.69) is 9.97 Å². The highest BCUT2D eigenvalue weighted by atomic mass is 16.1. The van der Waals surface area contributed by atoms with Crippen LogP contribution in [0.3, 0.4) is 0 Å². The number of hydrogen-bond acceptors (Lipinski definition) is 3. The number of imidazole rings is 1. The predicted octanol–water partition coefficient (Wildman–Crippen LogP) is 1.55. The largest absolute Gasteiger partial charge is 0.329 e. The first-order chi connectivity index (χ1) is 7.68. The quantitative estimate of drug-likeness (QED) is 0.730. The lowest BCUT2D eigenvalue weighted by Gasteiger charge is -2.02. The molecule has 0 aliphatic rings. The summed E-state index contributed by atoms with van der Waals surface area (Å²) in [7, 11) is 1.85. The zero-order valence-corrected chi connectivity index (χ0v) is 9.34. The zero-order chi connectivity index (χ0) is 11.5.